The van der Waals surface area contributed by atoms with Gasteiger partial charge in [-0.15, -0.1) is 0 Å². The minimum absolute atomic E-state index is 0.442. The molecule has 2 fully saturated rings. The Bertz CT molecular complexity index is 843. The molecule has 2 aromatic rings. The molecule has 2 nitrogen and oxygen atoms in total. The number of hydrogen-bond donors (Lipinski definition) is 0. The molecule has 118 valence electrons. The molecule has 0 unspecified atom stereocenters. The largest absolute Gasteiger partial charge is 0.353 e. The molecule has 1 saturated carbocycles. The topological polar surface area (TPSA) is 15.6 Å². The van der Waals surface area contributed by atoms with E-state index in [1.165, 1.54) is 41.4 Å². The van der Waals surface area contributed by atoms with Gasteiger partial charge >= 0.3 is 0 Å². The monoisotopic (exact) mass is 304 g/mol. The maximum atomic E-state index is 5.06. The number of amidine groups is 1. The fourth-order valence-electron chi connectivity index (χ4n) is 5.70. The molecule has 1 aliphatic carbocycles. The first-order valence-electron chi connectivity index (χ1n) is 8.82. The molecule has 1 saturated heterocycles. The van der Waals surface area contributed by atoms with Crippen molar-refractivity contribution in [2.24, 2.45) is 15.8 Å². The molecule has 2 heteroatoms. The summed E-state index contributed by atoms with van der Waals surface area (Å²) in [6.45, 7) is 8.51. The first kappa shape index (κ1) is 13.6. The summed E-state index contributed by atoms with van der Waals surface area (Å²) in [5.41, 5.74) is 3.38. The molecule has 0 N–H and O–H groups in total. The fraction of sp³-hybridized carbons (Fsp3) is 0.476. The lowest BCUT2D eigenvalue weighted by Gasteiger charge is -2.39. The Balaban J connectivity index is 1.62. The summed E-state index contributed by atoms with van der Waals surface area (Å²) in [5, 5.41) is 2.66. The summed E-state index contributed by atoms with van der Waals surface area (Å²) in [6, 6.07) is 13.8. The van der Waals surface area contributed by atoms with Crippen LogP contribution in [0.1, 0.15) is 45.6 Å². The van der Waals surface area contributed by atoms with E-state index in [1.54, 1.807) is 0 Å². The third-order valence-corrected chi connectivity index (χ3v) is 6.04. The third-order valence-electron chi connectivity index (χ3n) is 6.04. The van der Waals surface area contributed by atoms with Crippen LogP contribution in [0.15, 0.2) is 41.4 Å². The first-order chi connectivity index (χ1) is 10.9. The summed E-state index contributed by atoms with van der Waals surface area (Å²) >= 11 is 0. The van der Waals surface area contributed by atoms with Gasteiger partial charge in [0.1, 0.15) is 5.84 Å². The lowest BCUT2D eigenvalue weighted by molar-refractivity contribution is 0.132. The summed E-state index contributed by atoms with van der Waals surface area (Å²) < 4.78 is 0. The van der Waals surface area contributed by atoms with Gasteiger partial charge in [-0.05, 0) is 41.5 Å². The van der Waals surface area contributed by atoms with Crippen molar-refractivity contribution < 1.29 is 0 Å². The van der Waals surface area contributed by atoms with Gasteiger partial charge in [-0.3, -0.25) is 0 Å². The van der Waals surface area contributed by atoms with Crippen molar-refractivity contribution in [1.82, 2.24) is 4.90 Å². The van der Waals surface area contributed by atoms with Crippen LogP contribution in [0.4, 0.5) is 5.69 Å². The Labute approximate surface area is 138 Å². The molecule has 2 aromatic carbocycles. The van der Waals surface area contributed by atoms with Gasteiger partial charge in [-0.1, -0.05) is 51.1 Å². The van der Waals surface area contributed by atoms with Crippen molar-refractivity contribution in [3.63, 3.8) is 0 Å². The van der Waals surface area contributed by atoms with Gasteiger partial charge in [-0.2, -0.15) is 0 Å². The highest BCUT2D eigenvalue weighted by molar-refractivity contribution is 6.19. The van der Waals surface area contributed by atoms with E-state index in [-0.39, 0.29) is 0 Å². The van der Waals surface area contributed by atoms with E-state index >= 15 is 0 Å². The average molecular weight is 304 g/mol. The standard InChI is InChI=1S/C21H24N2/c1-20(2)10-15-11-21(3,12-20)13-23(15)19-16-8-4-6-14-7-5-9-17(22-19)18(14)16/h4-9,15H,10-13H2,1-3H3/t15-,21+/m0/s1. The first-order valence-corrected chi connectivity index (χ1v) is 8.82. The molecule has 5 rings (SSSR count). The van der Waals surface area contributed by atoms with Gasteiger partial charge in [0.15, 0.2) is 0 Å². The van der Waals surface area contributed by atoms with Crippen LogP contribution in [-0.2, 0) is 0 Å². The summed E-state index contributed by atoms with van der Waals surface area (Å²) in [5.74, 6) is 1.23. The fourth-order valence-corrected chi connectivity index (χ4v) is 5.70. The van der Waals surface area contributed by atoms with E-state index in [9.17, 15) is 0 Å². The number of rotatable bonds is 0. The quantitative estimate of drug-likeness (QED) is 0.658. The molecule has 0 aromatic heterocycles. The van der Waals surface area contributed by atoms with Crippen LogP contribution in [0.2, 0.25) is 0 Å². The second-order valence-electron chi connectivity index (χ2n) is 8.96. The van der Waals surface area contributed by atoms with Gasteiger partial charge in [0.05, 0.1) is 5.69 Å². The predicted molar refractivity (Wildman–Crippen MR) is 96.4 cm³/mol. The number of aliphatic imine (C=N–C) groups is 1. The second-order valence-corrected chi connectivity index (χ2v) is 8.96. The minimum atomic E-state index is 0.442. The van der Waals surface area contributed by atoms with E-state index in [0.29, 0.717) is 16.9 Å². The van der Waals surface area contributed by atoms with Crippen LogP contribution in [-0.4, -0.2) is 23.3 Å². The van der Waals surface area contributed by atoms with Crippen molar-refractivity contribution in [3.8, 4) is 0 Å². The van der Waals surface area contributed by atoms with Crippen LogP contribution < -0.4 is 0 Å². The number of hydrogen-bond acceptors (Lipinski definition) is 2. The summed E-state index contributed by atoms with van der Waals surface area (Å²) in [4.78, 5) is 7.69. The minimum Gasteiger partial charge on any atom is -0.353 e. The predicted octanol–water partition coefficient (Wildman–Crippen LogP) is 5.13. The maximum Gasteiger partial charge on any atom is 0.137 e. The van der Waals surface area contributed by atoms with Gasteiger partial charge in [0, 0.05) is 23.5 Å². The van der Waals surface area contributed by atoms with Gasteiger partial charge in [0.25, 0.3) is 0 Å². The van der Waals surface area contributed by atoms with Gasteiger partial charge in [0.2, 0.25) is 0 Å². The normalized spacial score (nSPS) is 30.8. The zero-order chi connectivity index (χ0) is 15.8. The maximum absolute atomic E-state index is 5.06. The summed E-state index contributed by atoms with van der Waals surface area (Å²) in [6.07, 6.45) is 3.94. The molecule has 0 radical (unpaired) electrons. The van der Waals surface area contributed by atoms with Crippen molar-refractivity contribution in [2.45, 2.75) is 46.1 Å². The molecule has 0 amide bonds. The number of fused-ring (bicyclic) bond motifs is 2. The zero-order valence-corrected chi connectivity index (χ0v) is 14.3. The highest BCUT2D eigenvalue weighted by atomic mass is 15.3. The molecule has 2 heterocycles. The molecule has 2 aliphatic heterocycles. The number of nitrogens with zero attached hydrogens (tertiary/aromatic N) is 2. The Morgan fingerprint density at radius 3 is 2.65 bits per heavy atom. The Hall–Kier alpha value is -1.83. The van der Waals surface area contributed by atoms with Crippen LogP contribution in [0.25, 0.3) is 10.8 Å². The van der Waals surface area contributed by atoms with E-state index in [2.05, 4.69) is 62.1 Å². The molecular weight excluding hydrogens is 280 g/mol. The Kier molecular flexibility index (Phi) is 2.46. The van der Waals surface area contributed by atoms with Crippen molar-refractivity contribution in [2.75, 3.05) is 6.54 Å². The number of benzene rings is 2. The Morgan fingerprint density at radius 2 is 1.83 bits per heavy atom. The molecule has 2 bridgehead atoms. The zero-order valence-electron chi connectivity index (χ0n) is 14.3. The van der Waals surface area contributed by atoms with Crippen molar-refractivity contribution in [1.29, 1.82) is 0 Å². The van der Waals surface area contributed by atoms with E-state index in [1.807, 2.05) is 0 Å². The van der Waals surface area contributed by atoms with Crippen molar-refractivity contribution in [3.05, 3.63) is 42.0 Å². The van der Waals surface area contributed by atoms with Gasteiger partial charge in [-0.25, -0.2) is 4.99 Å². The van der Waals surface area contributed by atoms with Crippen LogP contribution >= 0.6 is 0 Å². The van der Waals surface area contributed by atoms with Crippen LogP contribution in [0, 0.1) is 10.8 Å². The molecule has 0 spiro atoms. The molecule has 23 heavy (non-hydrogen) atoms. The van der Waals surface area contributed by atoms with E-state index < -0.39 is 0 Å². The summed E-state index contributed by atoms with van der Waals surface area (Å²) in [7, 11) is 0. The molecular formula is C21H24N2. The molecule has 2 atom stereocenters. The van der Waals surface area contributed by atoms with Crippen LogP contribution in [0.5, 0.6) is 0 Å². The smallest absolute Gasteiger partial charge is 0.137 e. The lowest BCUT2D eigenvalue weighted by atomic mass is 9.65. The second kappa shape index (κ2) is 4.17. The SMILES string of the molecule is CC1(C)C[C@H]2C[C@@](C)(CN2C2=Nc3cccc4cccc2c34)C1. The Morgan fingerprint density at radius 1 is 1.04 bits per heavy atom. The van der Waals surface area contributed by atoms with E-state index in [4.69, 9.17) is 4.99 Å². The van der Waals surface area contributed by atoms with Crippen molar-refractivity contribution >= 4 is 22.3 Å². The third kappa shape index (κ3) is 1.90. The highest BCUT2D eigenvalue weighted by Crippen LogP contribution is 2.53. The average Bonchev–Trinajstić information content (AvgIpc) is 2.95. The highest BCUT2D eigenvalue weighted by Gasteiger charge is 2.50. The molecule has 3 aliphatic rings. The number of likely N-dealkylation sites (tertiary alicyclic amines) is 1. The van der Waals surface area contributed by atoms with E-state index in [0.717, 1.165) is 12.2 Å². The van der Waals surface area contributed by atoms with Crippen LogP contribution in [0.3, 0.4) is 0 Å². The lowest BCUT2D eigenvalue weighted by Crippen LogP contribution is -2.37. The van der Waals surface area contributed by atoms with Gasteiger partial charge < -0.3 is 4.90 Å².